The van der Waals surface area contributed by atoms with E-state index in [1.807, 2.05) is 61.5 Å². The van der Waals surface area contributed by atoms with Crippen LogP contribution in [0.3, 0.4) is 0 Å². The first-order chi connectivity index (χ1) is 14.1. The smallest absolute Gasteiger partial charge is 0.211 e. The van der Waals surface area contributed by atoms with Gasteiger partial charge < -0.3 is 0 Å². The van der Waals surface area contributed by atoms with Gasteiger partial charge in [0.25, 0.3) is 0 Å². The zero-order valence-electron chi connectivity index (χ0n) is 15.6. The third kappa shape index (κ3) is 2.88. The van der Waals surface area contributed by atoms with E-state index in [-0.39, 0.29) is 11.6 Å². The third-order valence-corrected chi connectivity index (χ3v) is 5.07. The van der Waals surface area contributed by atoms with Gasteiger partial charge in [0.05, 0.1) is 0 Å². The van der Waals surface area contributed by atoms with Crippen molar-refractivity contribution in [3.8, 4) is 11.3 Å². The molecule has 5 heteroatoms. The summed E-state index contributed by atoms with van der Waals surface area (Å²) in [7, 11) is 0. The molecule has 5 aromatic rings. The topological polar surface area (TPSA) is 47.3 Å². The van der Waals surface area contributed by atoms with Crippen LogP contribution in [0.1, 0.15) is 21.6 Å². The number of benzene rings is 3. The zero-order chi connectivity index (χ0) is 20.0. The second-order valence-corrected chi connectivity index (χ2v) is 7.02. The van der Waals surface area contributed by atoms with Gasteiger partial charge in [-0.05, 0) is 42.6 Å². The highest BCUT2D eigenvalue weighted by atomic mass is 19.1. The summed E-state index contributed by atoms with van der Waals surface area (Å²) in [5, 5.41) is 10.6. The highest BCUT2D eigenvalue weighted by Crippen LogP contribution is 2.30. The Kier molecular flexibility index (Phi) is 3.95. The number of aromatic nitrogens is 3. The Bertz CT molecular complexity index is 1370. The Morgan fingerprint density at radius 2 is 1.66 bits per heavy atom. The Hall–Kier alpha value is -3.86. The predicted octanol–water partition coefficient (Wildman–Crippen LogP) is 5.23. The fourth-order valence-corrected chi connectivity index (χ4v) is 3.56. The first kappa shape index (κ1) is 17.3. The second-order valence-electron chi connectivity index (χ2n) is 7.02. The number of hydrogen-bond donors (Lipinski definition) is 0. The minimum Gasteiger partial charge on any atom is -0.287 e. The molecule has 0 amide bonds. The summed E-state index contributed by atoms with van der Waals surface area (Å²) in [6.07, 6.45) is 0. The monoisotopic (exact) mass is 381 g/mol. The van der Waals surface area contributed by atoms with Crippen molar-refractivity contribution in [2.24, 2.45) is 0 Å². The quantitative estimate of drug-likeness (QED) is 0.402. The molecule has 5 rings (SSSR count). The van der Waals surface area contributed by atoms with Gasteiger partial charge in [-0.1, -0.05) is 59.3 Å². The number of hydrogen-bond acceptors (Lipinski definition) is 3. The lowest BCUT2D eigenvalue weighted by Gasteiger charge is -2.08. The molecule has 0 N–H and O–H groups in total. The molecule has 0 aliphatic carbocycles. The van der Waals surface area contributed by atoms with E-state index in [0.29, 0.717) is 11.3 Å². The number of carbonyl (C=O) groups is 1. The van der Waals surface area contributed by atoms with Gasteiger partial charge in [-0.15, -0.1) is 5.10 Å². The average molecular weight is 381 g/mol. The van der Waals surface area contributed by atoms with E-state index >= 15 is 0 Å². The molecule has 0 bridgehead atoms. The SMILES string of the molecule is Cc1ccc(-c2nnn3c(C(=O)c4ccc(F)cc4)cc4ccccc4c23)cc1. The van der Waals surface area contributed by atoms with Crippen LogP contribution in [0.5, 0.6) is 0 Å². The Morgan fingerprint density at radius 3 is 2.41 bits per heavy atom. The van der Waals surface area contributed by atoms with Gasteiger partial charge in [-0.25, -0.2) is 8.91 Å². The lowest BCUT2D eigenvalue weighted by molar-refractivity contribution is 0.103. The second kappa shape index (κ2) is 6.63. The summed E-state index contributed by atoms with van der Waals surface area (Å²) < 4.78 is 14.9. The predicted molar refractivity (Wildman–Crippen MR) is 110 cm³/mol. The number of fused-ring (bicyclic) bond motifs is 3. The van der Waals surface area contributed by atoms with E-state index in [0.717, 1.165) is 33.1 Å². The number of aryl methyl sites for hydroxylation is 1. The van der Waals surface area contributed by atoms with Crippen LogP contribution in [-0.4, -0.2) is 20.6 Å². The van der Waals surface area contributed by atoms with Gasteiger partial charge in [0, 0.05) is 16.5 Å². The molecule has 2 aromatic heterocycles. The van der Waals surface area contributed by atoms with E-state index in [1.54, 1.807) is 4.52 Å². The molecule has 3 aromatic carbocycles. The minimum atomic E-state index is -0.382. The summed E-state index contributed by atoms with van der Waals surface area (Å²) in [6.45, 7) is 2.03. The van der Waals surface area contributed by atoms with E-state index in [1.165, 1.54) is 24.3 Å². The first-order valence-corrected chi connectivity index (χ1v) is 9.26. The number of pyridine rings is 1. The maximum Gasteiger partial charge on any atom is 0.211 e. The van der Waals surface area contributed by atoms with Crippen molar-refractivity contribution in [1.82, 2.24) is 14.8 Å². The number of rotatable bonds is 3. The van der Waals surface area contributed by atoms with Crippen molar-refractivity contribution in [3.63, 3.8) is 0 Å². The van der Waals surface area contributed by atoms with Crippen LogP contribution in [0, 0.1) is 12.7 Å². The molecule has 2 heterocycles. The first-order valence-electron chi connectivity index (χ1n) is 9.26. The van der Waals surface area contributed by atoms with Crippen LogP contribution >= 0.6 is 0 Å². The van der Waals surface area contributed by atoms with Crippen LogP contribution in [0.15, 0.2) is 78.9 Å². The zero-order valence-corrected chi connectivity index (χ0v) is 15.6. The van der Waals surface area contributed by atoms with Gasteiger partial charge in [0.2, 0.25) is 5.78 Å². The molecule has 0 unspecified atom stereocenters. The van der Waals surface area contributed by atoms with Crippen LogP contribution in [-0.2, 0) is 0 Å². The molecule has 29 heavy (non-hydrogen) atoms. The van der Waals surface area contributed by atoms with Crippen LogP contribution in [0.4, 0.5) is 4.39 Å². The lowest BCUT2D eigenvalue weighted by atomic mass is 10.0. The van der Waals surface area contributed by atoms with Crippen LogP contribution in [0.25, 0.3) is 27.5 Å². The number of carbonyl (C=O) groups excluding carboxylic acids is 1. The molecule has 0 radical (unpaired) electrons. The van der Waals surface area contributed by atoms with Gasteiger partial charge >= 0.3 is 0 Å². The maximum atomic E-state index is 13.3. The van der Waals surface area contributed by atoms with Crippen molar-refractivity contribution in [1.29, 1.82) is 0 Å². The standard InChI is InChI=1S/C24H16FN3O/c1-15-6-8-16(9-7-15)22-23-20-5-3-2-4-18(20)14-21(28(23)27-26-22)24(29)17-10-12-19(25)13-11-17/h2-14H,1H3. The van der Waals surface area contributed by atoms with Crippen LogP contribution < -0.4 is 0 Å². The molecule has 0 aliphatic heterocycles. The van der Waals surface area contributed by atoms with E-state index in [2.05, 4.69) is 10.3 Å². The molecule has 4 nitrogen and oxygen atoms in total. The summed E-state index contributed by atoms with van der Waals surface area (Å²) in [4.78, 5) is 13.2. The molecular formula is C24H16FN3O. The van der Waals surface area contributed by atoms with E-state index < -0.39 is 0 Å². The highest BCUT2D eigenvalue weighted by molar-refractivity contribution is 6.12. The normalized spacial score (nSPS) is 11.2. The van der Waals surface area contributed by atoms with E-state index in [9.17, 15) is 9.18 Å². The fourth-order valence-electron chi connectivity index (χ4n) is 3.56. The summed E-state index contributed by atoms with van der Waals surface area (Å²) in [5.74, 6) is -0.617. The van der Waals surface area contributed by atoms with Gasteiger partial charge in [0.1, 0.15) is 22.7 Å². The third-order valence-electron chi connectivity index (χ3n) is 5.07. The molecule has 0 aliphatic rings. The van der Waals surface area contributed by atoms with Crippen molar-refractivity contribution in [2.45, 2.75) is 6.92 Å². The largest absolute Gasteiger partial charge is 0.287 e. The highest BCUT2D eigenvalue weighted by Gasteiger charge is 2.20. The van der Waals surface area contributed by atoms with E-state index in [4.69, 9.17) is 0 Å². The van der Waals surface area contributed by atoms with Crippen molar-refractivity contribution in [2.75, 3.05) is 0 Å². The van der Waals surface area contributed by atoms with Crippen molar-refractivity contribution < 1.29 is 9.18 Å². The average Bonchev–Trinajstić information content (AvgIpc) is 3.19. The van der Waals surface area contributed by atoms with Crippen molar-refractivity contribution >= 4 is 22.1 Å². The Morgan fingerprint density at radius 1 is 0.931 bits per heavy atom. The summed E-state index contributed by atoms with van der Waals surface area (Å²) in [5.41, 5.74) is 4.36. The summed E-state index contributed by atoms with van der Waals surface area (Å²) >= 11 is 0. The van der Waals surface area contributed by atoms with Gasteiger partial charge in [-0.2, -0.15) is 0 Å². The Balaban J connectivity index is 1.80. The van der Waals surface area contributed by atoms with Gasteiger partial charge in [-0.3, -0.25) is 4.79 Å². The Labute approximate surface area is 166 Å². The van der Waals surface area contributed by atoms with Crippen molar-refractivity contribution in [3.05, 3.63) is 102 Å². The minimum absolute atomic E-state index is 0.235. The number of ketones is 1. The summed E-state index contributed by atoms with van der Waals surface area (Å²) in [6, 6.07) is 23.2. The molecule has 0 saturated heterocycles. The molecule has 0 saturated carbocycles. The number of halogens is 1. The van der Waals surface area contributed by atoms with Crippen LogP contribution in [0.2, 0.25) is 0 Å². The number of nitrogens with zero attached hydrogens (tertiary/aromatic N) is 3. The van der Waals surface area contributed by atoms with Gasteiger partial charge in [0.15, 0.2) is 0 Å². The lowest BCUT2D eigenvalue weighted by Crippen LogP contribution is -2.09. The molecule has 0 fully saturated rings. The fraction of sp³-hybridized carbons (Fsp3) is 0.0417. The molecule has 0 spiro atoms. The molecular weight excluding hydrogens is 365 g/mol. The maximum absolute atomic E-state index is 13.3. The molecule has 140 valence electrons. The molecule has 0 atom stereocenters.